The number of methoxy groups -OCH3 is 1. The summed E-state index contributed by atoms with van der Waals surface area (Å²) in [7, 11) is 1.56. The lowest BCUT2D eigenvalue weighted by atomic mass is 9.91. The van der Waals surface area contributed by atoms with Crippen molar-refractivity contribution >= 4 is 12.1 Å². The fourth-order valence-corrected chi connectivity index (χ4v) is 2.39. The minimum Gasteiger partial charge on any atom is -0.496 e. The molecule has 22 heavy (non-hydrogen) atoms. The van der Waals surface area contributed by atoms with E-state index in [9.17, 15) is 14.0 Å². The third-order valence-corrected chi connectivity index (χ3v) is 3.53. The number of carbonyl (C=O) groups is 2. The zero-order valence-electron chi connectivity index (χ0n) is 12.5. The molecule has 114 valence electrons. The van der Waals surface area contributed by atoms with Crippen molar-refractivity contribution < 1.29 is 18.7 Å². The average Bonchev–Trinajstić information content (AvgIpc) is 2.48. The molecule has 3 nitrogen and oxygen atoms in total. The molecule has 2 aromatic carbocycles. The zero-order chi connectivity index (χ0) is 16.1. The van der Waals surface area contributed by atoms with Crippen LogP contribution in [0.4, 0.5) is 4.39 Å². The van der Waals surface area contributed by atoms with Gasteiger partial charge in [0.25, 0.3) is 0 Å². The van der Waals surface area contributed by atoms with Gasteiger partial charge >= 0.3 is 0 Å². The quantitative estimate of drug-likeness (QED) is 0.607. The zero-order valence-corrected chi connectivity index (χ0v) is 12.5. The highest BCUT2D eigenvalue weighted by atomic mass is 19.1. The summed E-state index contributed by atoms with van der Waals surface area (Å²) in [6.45, 7) is 1.85. The predicted octanol–water partition coefficient (Wildman–Crippen LogP) is 3.24. The lowest BCUT2D eigenvalue weighted by Crippen LogP contribution is -2.16. The van der Waals surface area contributed by atoms with Gasteiger partial charge in [-0.25, -0.2) is 4.39 Å². The Kier molecular flexibility index (Phi) is 5.04. The number of ether oxygens (including phenoxy) is 1. The Balaban J connectivity index is 2.22. The Morgan fingerprint density at radius 3 is 2.64 bits per heavy atom. The number of hydrogen-bond donors (Lipinski definition) is 0. The molecule has 0 aliphatic rings. The molecule has 0 N–H and O–H groups in total. The average molecular weight is 300 g/mol. The molecule has 0 aliphatic heterocycles. The minimum absolute atomic E-state index is 0.0201. The molecule has 0 saturated heterocycles. The summed E-state index contributed by atoms with van der Waals surface area (Å²) in [5.74, 6) is -0.808. The Morgan fingerprint density at radius 1 is 1.27 bits per heavy atom. The highest BCUT2D eigenvalue weighted by Crippen LogP contribution is 2.24. The van der Waals surface area contributed by atoms with Crippen LogP contribution >= 0.6 is 0 Å². The topological polar surface area (TPSA) is 43.4 Å². The summed E-state index contributed by atoms with van der Waals surface area (Å²) in [6.07, 6.45) is 0.648. The lowest BCUT2D eigenvalue weighted by Gasteiger charge is -2.12. The number of Topliss-reactive ketones (excluding diaryl/α,β-unsaturated/α-hetero) is 1. The summed E-state index contributed by atoms with van der Waals surface area (Å²) in [4.78, 5) is 23.7. The maximum Gasteiger partial charge on any atom is 0.151 e. The van der Waals surface area contributed by atoms with Crippen molar-refractivity contribution in [3.63, 3.8) is 0 Å². The fraction of sp³-hybridized carbons (Fsp3) is 0.222. The Hall–Kier alpha value is -2.49. The molecular formula is C18H17FO3. The number of aldehydes is 1. The van der Waals surface area contributed by atoms with Crippen molar-refractivity contribution in [2.45, 2.75) is 19.3 Å². The third kappa shape index (κ3) is 3.58. The Bertz CT molecular complexity index is 694. The smallest absolute Gasteiger partial charge is 0.151 e. The third-order valence-electron chi connectivity index (χ3n) is 3.53. The minimum atomic E-state index is -0.854. The normalized spacial score (nSPS) is 11.8. The molecule has 0 spiro atoms. The molecule has 0 radical (unpaired) electrons. The molecule has 4 heteroatoms. The molecule has 2 aromatic rings. The van der Waals surface area contributed by atoms with Gasteiger partial charge in [-0.05, 0) is 41.8 Å². The van der Waals surface area contributed by atoms with Crippen molar-refractivity contribution in [3.05, 3.63) is 65.0 Å². The lowest BCUT2D eigenvalue weighted by molar-refractivity contribution is -0.123. The van der Waals surface area contributed by atoms with E-state index in [4.69, 9.17) is 4.74 Å². The van der Waals surface area contributed by atoms with Gasteiger partial charge in [0.15, 0.2) is 5.78 Å². The molecule has 0 aliphatic carbocycles. The number of halogens is 1. The van der Waals surface area contributed by atoms with Crippen LogP contribution in [0, 0.1) is 12.7 Å². The standard InChI is InChI=1S/C18H17FO3/c1-12-8-14(6-7-18(12)22-2)16(11-20)17(21)10-13-4-3-5-15(19)9-13/h3-9,11,16H,10H2,1-2H3. The summed E-state index contributed by atoms with van der Waals surface area (Å²) in [6, 6.07) is 11.0. The van der Waals surface area contributed by atoms with Gasteiger partial charge in [0.2, 0.25) is 0 Å². The number of hydrogen-bond acceptors (Lipinski definition) is 3. The number of rotatable bonds is 6. The molecular weight excluding hydrogens is 283 g/mol. The van der Waals surface area contributed by atoms with Crippen LogP contribution in [0.1, 0.15) is 22.6 Å². The summed E-state index contributed by atoms with van der Waals surface area (Å²) < 4.78 is 18.3. The van der Waals surface area contributed by atoms with Crippen LogP contribution in [0.3, 0.4) is 0 Å². The maximum absolute atomic E-state index is 13.2. The second kappa shape index (κ2) is 6.98. The van der Waals surface area contributed by atoms with Crippen LogP contribution < -0.4 is 4.74 Å². The Labute approximate surface area is 128 Å². The van der Waals surface area contributed by atoms with Crippen LogP contribution in [0.2, 0.25) is 0 Å². The van der Waals surface area contributed by atoms with Gasteiger partial charge in [-0.1, -0.05) is 24.3 Å². The molecule has 0 bridgehead atoms. The molecule has 0 saturated carbocycles. The van der Waals surface area contributed by atoms with Gasteiger partial charge in [0.1, 0.15) is 17.9 Å². The van der Waals surface area contributed by atoms with Crippen molar-refractivity contribution in [2.24, 2.45) is 0 Å². The van der Waals surface area contributed by atoms with Gasteiger partial charge in [-0.3, -0.25) is 4.79 Å². The number of benzene rings is 2. The van der Waals surface area contributed by atoms with Crippen LogP contribution in [0.5, 0.6) is 5.75 Å². The molecule has 0 heterocycles. The van der Waals surface area contributed by atoms with Gasteiger partial charge in [0.05, 0.1) is 13.0 Å². The van der Waals surface area contributed by atoms with Gasteiger partial charge in [-0.2, -0.15) is 0 Å². The number of carbonyl (C=O) groups excluding carboxylic acids is 2. The van der Waals surface area contributed by atoms with E-state index in [0.29, 0.717) is 23.2 Å². The molecule has 1 unspecified atom stereocenters. The monoisotopic (exact) mass is 300 g/mol. The van der Waals surface area contributed by atoms with Crippen molar-refractivity contribution in [3.8, 4) is 5.75 Å². The van der Waals surface area contributed by atoms with Crippen LogP contribution in [-0.4, -0.2) is 19.2 Å². The number of aryl methyl sites for hydroxylation is 1. The SMILES string of the molecule is COc1ccc(C(C=O)C(=O)Cc2cccc(F)c2)cc1C. The highest BCUT2D eigenvalue weighted by Gasteiger charge is 2.21. The van der Waals surface area contributed by atoms with Gasteiger partial charge < -0.3 is 9.53 Å². The first-order valence-corrected chi connectivity index (χ1v) is 6.92. The van der Waals surface area contributed by atoms with E-state index in [1.807, 2.05) is 6.92 Å². The Morgan fingerprint density at radius 2 is 2.05 bits per heavy atom. The molecule has 0 fully saturated rings. The maximum atomic E-state index is 13.2. The highest BCUT2D eigenvalue weighted by molar-refractivity contribution is 6.00. The number of ketones is 1. The van der Waals surface area contributed by atoms with E-state index < -0.39 is 11.7 Å². The fourth-order valence-electron chi connectivity index (χ4n) is 2.39. The van der Waals surface area contributed by atoms with E-state index >= 15 is 0 Å². The van der Waals surface area contributed by atoms with E-state index in [1.165, 1.54) is 12.1 Å². The summed E-state index contributed by atoms with van der Waals surface area (Å²) >= 11 is 0. The first kappa shape index (κ1) is 15.9. The van der Waals surface area contributed by atoms with E-state index in [2.05, 4.69) is 0 Å². The van der Waals surface area contributed by atoms with E-state index in [1.54, 1.807) is 37.4 Å². The van der Waals surface area contributed by atoms with E-state index in [0.717, 1.165) is 5.56 Å². The van der Waals surface area contributed by atoms with Crippen molar-refractivity contribution in [1.82, 2.24) is 0 Å². The van der Waals surface area contributed by atoms with Crippen LogP contribution in [-0.2, 0) is 16.0 Å². The second-order valence-corrected chi connectivity index (χ2v) is 5.12. The van der Waals surface area contributed by atoms with Gasteiger partial charge in [0, 0.05) is 6.42 Å². The predicted molar refractivity (Wildman–Crippen MR) is 81.6 cm³/mol. The summed E-state index contributed by atoms with van der Waals surface area (Å²) in [5, 5.41) is 0. The summed E-state index contributed by atoms with van der Waals surface area (Å²) in [5.41, 5.74) is 2.03. The largest absolute Gasteiger partial charge is 0.496 e. The van der Waals surface area contributed by atoms with Crippen molar-refractivity contribution in [1.29, 1.82) is 0 Å². The molecule has 0 amide bonds. The molecule has 2 rings (SSSR count). The van der Waals surface area contributed by atoms with E-state index in [-0.39, 0.29) is 12.2 Å². The van der Waals surface area contributed by atoms with Crippen LogP contribution in [0.25, 0.3) is 0 Å². The molecule has 0 aromatic heterocycles. The second-order valence-electron chi connectivity index (χ2n) is 5.12. The van der Waals surface area contributed by atoms with Gasteiger partial charge in [-0.15, -0.1) is 0 Å². The molecule has 1 atom stereocenters. The van der Waals surface area contributed by atoms with Crippen LogP contribution in [0.15, 0.2) is 42.5 Å². The van der Waals surface area contributed by atoms with Crippen molar-refractivity contribution in [2.75, 3.05) is 7.11 Å². The first-order valence-electron chi connectivity index (χ1n) is 6.92. The first-order chi connectivity index (χ1) is 10.5.